The van der Waals surface area contributed by atoms with Crippen LogP contribution in [0.5, 0.6) is 5.75 Å². The molecule has 0 radical (unpaired) electrons. The van der Waals surface area contributed by atoms with E-state index in [1.807, 2.05) is 71.6 Å². The predicted octanol–water partition coefficient (Wildman–Crippen LogP) is 8.82. The minimum Gasteiger partial charge on any atom is -0.496 e. The van der Waals surface area contributed by atoms with Gasteiger partial charge in [-0.15, -0.1) is 11.3 Å². The number of carbonyl (C=O) groups is 3. The van der Waals surface area contributed by atoms with E-state index in [0.29, 0.717) is 27.8 Å². The van der Waals surface area contributed by atoms with Crippen LogP contribution in [0.4, 0.5) is 4.79 Å². The van der Waals surface area contributed by atoms with Crippen molar-refractivity contribution < 1.29 is 24.2 Å². The Bertz CT molecular complexity index is 1790. The van der Waals surface area contributed by atoms with Crippen LogP contribution in [0.15, 0.2) is 66.7 Å². The first-order valence-corrected chi connectivity index (χ1v) is 17.4. The number of hydrogen-bond donors (Lipinski definition) is 2. The van der Waals surface area contributed by atoms with Crippen molar-refractivity contribution >= 4 is 50.9 Å². The first-order chi connectivity index (χ1) is 22.8. The summed E-state index contributed by atoms with van der Waals surface area (Å²) in [4.78, 5) is 42.7. The third kappa shape index (κ3) is 7.63. The molecule has 1 aromatic heterocycles. The van der Waals surface area contributed by atoms with Crippen LogP contribution in [-0.4, -0.2) is 66.1 Å². The second-order valence-electron chi connectivity index (χ2n) is 13.8. The van der Waals surface area contributed by atoms with Gasteiger partial charge in [0, 0.05) is 53.9 Å². The molecular weight excluding hydrogens is 646 g/mol. The molecule has 0 aliphatic heterocycles. The van der Waals surface area contributed by atoms with Gasteiger partial charge in [0.1, 0.15) is 10.6 Å². The van der Waals surface area contributed by atoms with Gasteiger partial charge in [-0.05, 0) is 78.5 Å². The van der Waals surface area contributed by atoms with Crippen LogP contribution >= 0.6 is 22.9 Å². The van der Waals surface area contributed by atoms with Crippen molar-refractivity contribution in [2.45, 2.75) is 65.1 Å². The van der Waals surface area contributed by atoms with Gasteiger partial charge >= 0.3 is 6.09 Å². The SMILES string of the molecule is COc1ccc(-c2ccc(C(=O)N(C)C)cc2)cc1CN(C(=O)c1sc2ccccc2c1Cl)C1CCC(C(NC(=O)O)C(C)(C)C)CC1. The monoisotopic (exact) mass is 689 g/mol. The van der Waals surface area contributed by atoms with Gasteiger partial charge in [-0.3, -0.25) is 9.59 Å². The van der Waals surface area contributed by atoms with Crippen LogP contribution in [0.3, 0.4) is 0 Å². The van der Waals surface area contributed by atoms with Crippen molar-refractivity contribution in [1.82, 2.24) is 15.1 Å². The molecule has 0 spiro atoms. The zero-order valence-electron chi connectivity index (χ0n) is 28.4. The van der Waals surface area contributed by atoms with Crippen LogP contribution in [0, 0.1) is 11.3 Å². The molecular formula is C38H44ClN3O5S. The maximum Gasteiger partial charge on any atom is 0.404 e. The summed E-state index contributed by atoms with van der Waals surface area (Å²) in [6.07, 6.45) is 2.02. The molecule has 10 heteroatoms. The number of fused-ring (bicyclic) bond motifs is 1. The van der Waals surface area contributed by atoms with Gasteiger partial charge in [-0.1, -0.05) is 68.8 Å². The van der Waals surface area contributed by atoms with Crippen LogP contribution < -0.4 is 10.1 Å². The molecule has 1 fully saturated rings. The molecule has 1 unspecified atom stereocenters. The number of hydrogen-bond acceptors (Lipinski definition) is 5. The van der Waals surface area contributed by atoms with Crippen molar-refractivity contribution in [3.05, 3.63) is 87.8 Å². The van der Waals surface area contributed by atoms with E-state index < -0.39 is 6.09 Å². The molecule has 1 aliphatic rings. The minimum absolute atomic E-state index is 0.0618. The number of carbonyl (C=O) groups excluding carboxylic acids is 2. The van der Waals surface area contributed by atoms with Gasteiger partial charge in [0.2, 0.25) is 0 Å². The average molecular weight is 690 g/mol. The van der Waals surface area contributed by atoms with Gasteiger partial charge < -0.3 is 25.0 Å². The lowest BCUT2D eigenvalue weighted by atomic mass is 9.72. The Morgan fingerprint density at radius 1 is 0.958 bits per heavy atom. The molecule has 2 N–H and O–H groups in total. The van der Waals surface area contributed by atoms with E-state index in [-0.39, 0.29) is 35.2 Å². The second kappa shape index (κ2) is 14.6. The molecule has 1 aliphatic carbocycles. The first kappa shape index (κ1) is 35.2. The van der Waals surface area contributed by atoms with E-state index in [4.69, 9.17) is 16.3 Å². The lowest BCUT2D eigenvalue weighted by molar-refractivity contribution is 0.0543. The predicted molar refractivity (Wildman–Crippen MR) is 193 cm³/mol. The lowest BCUT2D eigenvalue weighted by Crippen LogP contribution is -2.50. The molecule has 3 amide bonds. The van der Waals surface area contributed by atoms with Gasteiger partial charge in [-0.25, -0.2) is 4.79 Å². The number of ether oxygens (including phenoxy) is 1. The molecule has 8 nitrogen and oxygen atoms in total. The molecule has 48 heavy (non-hydrogen) atoms. The summed E-state index contributed by atoms with van der Waals surface area (Å²) in [6.45, 7) is 6.49. The zero-order valence-corrected chi connectivity index (χ0v) is 30.0. The highest BCUT2D eigenvalue weighted by Crippen LogP contribution is 2.41. The largest absolute Gasteiger partial charge is 0.496 e. The number of thiophene rings is 1. The number of halogens is 1. The van der Waals surface area contributed by atoms with Crippen LogP contribution in [0.2, 0.25) is 5.02 Å². The topological polar surface area (TPSA) is 99.2 Å². The smallest absolute Gasteiger partial charge is 0.404 e. The summed E-state index contributed by atoms with van der Waals surface area (Å²) in [6, 6.07) is 21.0. The van der Waals surface area contributed by atoms with Crippen molar-refractivity contribution in [2.24, 2.45) is 11.3 Å². The number of carboxylic acid groups (broad SMARTS) is 1. The number of benzene rings is 3. The zero-order chi connectivity index (χ0) is 34.7. The van der Waals surface area contributed by atoms with E-state index in [2.05, 4.69) is 26.1 Å². The highest BCUT2D eigenvalue weighted by molar-refractivity contribution is 7.21. The van der Waals surface area contributed by atoms with E-state index in [0.717, 1.165) is 52.5 Å². The Hall–Kier alpha value is -4.08. The third-order valence-electron chi connectivity index (χ3n) is 9.35. The Morgan fingerprint density at radius 2 is 1.60 bits per heavy atom. The van der Waals surface area contributed by atoms with E-state index in [1.165, 1.54) is 11.3 Å². The second-order valence-corrected chi connectivity index (χ2v) is 15.3. The Morgan fingerprint density at radius 3 is 2.19 bits per heavy atom. The lowest BCUT2D eigenvalue weighted by Gasteiger charge is -2.43. The molecule has 1 heterocycles. The molecule has 0 bridgehead atoms. The van der Waals surface area contributed by atoms with E-state index in [9.17, 15) is 19.5 Å². The molecule has 1 saturated carbocycles. The average Bonchev–Trinajstić information content (AvgIpc) is 3.41. The first-order valence-electron chi connectivity index (χ1n) is 16.2. The highest BCUT2D eigenvalue weighted by atomic mass is 35.5. The Labute approximate surface area is 291 Å². The molecule has 3 aromatic carbocycles. The number of rotatable bonds is 9. The van der Waals surface area contributed by atoms with Crippen molar-refractivity contribution in [1.29, 1.82) is 0 Å². The maximum absolute atomic E-state index is 14.6. The maximum atomic E-state index is 14.6. The van der Waals surface area contributed by atoms with Gasteiger partial charge in [0.05, 0.1) is 12.1 Å². The van der Waals surface area contributed by atoms with Crippen LogP contribution in [0.1, 0.15) is 72.0 Å². The normalized spacial score (nSPS) is 17.1. The summed E-state index contributed by atoms with van der Waals surface area (Å²) >= 11 is 8.27. The third-order valence-corrected chi connectivity index (χ3v) is 11.0. The van der Waals surface area contributed by atoms with Crippen molar-refractivity contribution in [3.63, 3.8) is 0 Å². The number of nitrogens with zero attached hydrogens (tertiary/aromatic N) is 2. The van der Waals surface area contributed by atoms with E-state index >= 15 is 0 Å². The standard InChI is InChI=1S/C38H44ClN3O5S/c1-38(2,3)34(40-37(45)46)24-15-18-28(19-16-24)42(36(44)33-32(39)29-9-7-8-10-31(29)48-33)22-27-21-26(17-20-30(27)47-6)23-11-13-25(14-12-23)35(43)41(4)5/h7-14,17,20-21,24,28,34,40H,15-16,18-19,22H2,1-6H3,(H,45,46). The van der Waals surface area contributed by atoms with Gasteiger partial charge in [0.25, 0.3) is 11.8 Å². The number of nitrogens with one attached hydrogen (secondary N) is 1. The number of methoxy groups -OCH3 is 1. The van der Waals surface area contributed by atoms with Gasteiger partial charge in [0.15, 0.2) is 0 Å². The Balaban J connectivity index is 1.48. The fraction of sp³-hybridized carbons (Fsp3) is 0.395. The van der Waals surface area contributed by atoms with Gasteiger partial charge in [-0.2, -0.15) is 0 Å². The van der Waals surface area contributed by atoms with E-state index in [1.54, 1.807) is 26.1 Å². The summed E-state index contributed by atoms with van der Waals surface area (Å²) in [5, 5.41) is 13.7. The van der Waals surface area contributed by atoms with Crippen LogP contribution in [0.25, 0.3) is 21.2 Å². The highest BCUT2D eigenvalue weighted by Gasteiger charge is 2.38. The van der Waals surface area contributed by atoms with Crippen LogP contribution in [-0.2, 0) is 6.54 Å². The summed E-state index contributed by atoms with van der Waals surface area (Å²) in [5.41, 5.74) is 3.10. The number of amides is 3. The summed E-state index contributed by atoms with van der Waals surface area (Å²) in [5.74, 6) is 0.640. The van der Waals surface area contributed by atoms with Crippen molar-refractivity contribution in [2.75, 3.05) is 21.2 Å². The fourth-order valence-corrected chi connectivity index (χ4v) is 8.37. The molecule has 4 aromatic rings. The minimum atomic E-state index is -1.01. The summed E-state index contributed by atoms with van der Waals surface area (Å²) < 4.78 is 6.76. The molecule has 0 saturated heterocycles. The molecule has 5 rings (SSSR count). The van der Waals surface area contributed by atoms with Crippen molar-refractivity contribution in [3.8, 4) is 16.9 Å². The molecule has 1 atom stereocenters. The Kier molecular flexibility index (Phi) is 10.7. The fourth-order valence-electron chi connectivity index (χ4n) is 6.90. The molecule has 254 valence electrons. The quantitative estimate of drug-likeness (QED) is 0.183. The summed E-state index contributed by atoms with van der Waals surface area (Å²) in [7, 11) is 5.09.